The number of ether oxygens (including phenoxy) is 5. The van der Waals surface area contributed by atoms with Crippen molar-refractivity contribution in [2.24, 2.45) is 34.5 Å². The Morgan fingerprint density at radius 2 is 1.59 bits per heavy atom. The van der Waals surface area contributed by atoms with Gasteiger partial charge in [0.05, 0.1) is 30.5 Å². The first-order valence-corrected chi connectivity index (χ1v) is 18.0. The molecule has 49 heavy (non-hydrogen) atoms. The number of aliphatic hydroxyl groups is 8. The van der Waals surface area contributed by atoms with Crippen LogP contribution in [0.1, 0.15) is 72.1 Å². The second-order valence-electron chi connectivity index (χ2n) is 16.4. The summed E-state index contributed by atoms with van der Waals surface area (Å²) in [4.78, 5) is 11.9. The van der Waals surface area contributed by atoms with E-state index in [0.29, 0.717) is 12.8 Å². The van der Waals surface area contributed by atoms with Crippen LogP contribution in [0.5, 0.6) is 0 Å². The molecule has 7 rings (SSSR count). The van der Waals surface area contributed by atoms with Gasteiger partial charge in [-0.3, -0.25) is 0 Å². The molecule has 3 aliphatic heterocycles. The summed E-state index contributed by atoms with van der Waals surface area (Å²) in [6.45, 7) is 5.51. The van der Waals surface area contributed by atoms with Crippen molar-refractivity contribution in [2.45, 2.75) is 151 Å². The third kappa shape index (κ3) is 5.56. The molecule has 0 radical (unpaired) electrons. The van der Waals surface area contributed by atoms with E-state index in [9.17, 15) is 45.6 Å². The van der Waals surface area contributed by atoms with Crippen molar-refractivity contribution in [3.8, 4) is 0 Å². The van der Waals surface area contributed by atoms with E-state index < -0.39 is 96.7 Å². The third-order valence-electron chi connectivity index (χ3n) is 14.3. The van der Waals surface area contributed by atoms with Crippen LogP contribution in [-0.4, -0.2) is 139 Å². The maximum atomic E-state index is 12.5. The lowest BCUT2D eigenvalue weighted by molar-refractivity contribution is -0.371. The molecular weight excluding hydrogens is 644 g/mol. The van der Waals surface area contributed by atoms with Gasteiger partial charge in [0.25, 0.3) is 0 Å². The molecule has 8 N–H and O–H groups in total. The first-order chi connectivity index (χ1) is 23.1. The third-order valence-corrected chi connectivity index (χ3v) is 14.3. The van der Waals surface area contributed by atoms with Gasteiger partial charge in [-0.1, -0.05) is 13.8 Å². The topological polar surface area (TPSA) is 225 Å². The Labute approximate surface area is 285 Å². The van der Waals surface area contributed by atoms with E-state index in [0.717, 1.165) is 37.7 Å². The molecule has 14 heteroatoms. The molecule has 4 aliphatic carbocycles. The Bertz CT molecular complexity index is 1280. The molecule has 2 saturated heterocycles. The number of hydrogen-bond donors (Lipinski definition) is 8. The van der Waals surface area contributed by atoms with Gasteiger partial charge in [-0.05, 0) is 86.5 Å². The Morgan fingerprint density at radius 3 is 2.29 bits per heavy atom. The van der Waals surface area contributed by atoms with Crippen molar-refractivity contribution < 1.29 is 69.3 Å². The molecule has 0 aromatic carbocycles. The van der Waals surface area contributed by atoms with Crippen molar-refractivity contribution in [3.05, 3.63) is 11.6 Å². The van der Waals surface area contributed by atoms with Crippen LogP contribution in [-0.2, 0) is 28.5 Å². The average Bonchev–Trinajstić information content (AvgIpc) is 3.61. The molecular formula is C35H54O14. The van der Waals surface area contributed by atoms with Gasteiger partial charge in [-0.15, -0.1) is 0 Å². The van der Waals surface area contributed by atoms with Gasteiger partial charge in [0, 0.05) is 17.9 Å². The van der Waals surface area contributed by atoms with Crippen molar-refractivity contribution in [3.63, 3.8) is 0 Å². The molecule has 4 saturated carbocycles. The van der Waals surface area contributed by atoms with E-state index in [-0.39, 0.29) is 42.7 Å². The summed E-state index contributed by atoms with van der Waals surface area (Å²) in [5.41, 5.74) is -0.817. The minimum Gasteiger partial charge on any atom is -0.458 e. The molecule has 0 spiro atoms. The molecule has 3 heterocycles. The Hall–Kier alpha value is -1.27. The van der Waals surface area contributed by atoms with E-state index in [2.05, 4.69) is 13.8 Å². The quantitative estimate of drug-likeness (QED) is 0.126. The second-order valence-corrected chi connectivity index (χ2v) is 16.4. The number of carbonyl (C=O) groups is 1. The van der Waals surface area contributed by atoms with Crippen LogP contribution >= 0.6 is 0 Å². The lowest BCUT2D eigenvalue weighted by Gasteiger charge is -2.64. The zero-order valence-electron chi connectivity index (χ0n) is 28.4. The fourth-order valence-electron chi connectivity index (χ4n) is 11.3. The van der Waals surface area contributed by atoms with E-state index in [1.54, 1.807) is 13.0 Å². The predicted molar refractivity (Wildman–Crippen MR) is 167 cm³/mol. The molecule has 0 aromatic heterocycles. The number of hydrogen-bond acceptors (Lipinski definition) is 14. The summed E-state index contributed by atoms with van der Waals surface area (Å²) in [6.07, 6.45) is -8.43. The van der Waals surface area contributed by atoms with Crippen LogP contribution in [0.3, 0.4) is 0 Å². The van der Waals surface area contributed by atoms with E-state index in [1.807, 2.05) is 0 Å². The van der Waals surface area contributed by atoms with Gasteiger partial charge in [0.15, 0.2) is 12.6 Å². The highest BCUT2D eigenvalue weighted by atomic mass is 16.8. The summed E-state index contributed by atoms with van der Waals surface area (Å²) in [7, 11) is 0. The SMILES string of the molecule is C[C@@H]1O[C@@H](O[C@@H]2C[C@H]3CC[C@@H]4[C@H](CC[C@]5(C)[C@@H](C6=CC(=O)OC6)CC[C@]45O)[C@@]3(C)[C@H](O)C2)[C@H](O[C@@H]2O[C@H](CO)[C@@H](O)[C@H](O)[C@H]2O)[C@H](O)[C@H]1O. The highest BCUT2D eigenvalue weighted by molar-refractivity contribution is 5.85. The van der Waals surface area contributed by atoms with Gasteiger partial charge in [-0.25, -0.2) is 4.79 Å². The maximum absolute atomic E-state index is 12.5. The van der Waals surface area contributed by atoms with Crippen LogP contribution in [0.25, 0.3) is 0 Å². The average molecular weight is 699 g/mol. The number of cyclic esters (lactones) is 1. The number of aliphatic hydroxyl groups excluding tert-OH is 7. The van der Waals surface area contributed by atoms with Gasteiger partial charge in [0.2, 0.25) is 0 Å². The van der Waals surface area contributed by atoms with E-state index >= 15 is 0 Å². The fourth-order valence-corrected chi connectivity index (χ4v) is 11.3. The van der Waals surface area contributed by atoms with Crippen molar-refractivity contribution in [1.82, 2.24) is 0 Å². The Balaban J connectivity index is 1.06. The molecule has 278 valence electrons. The van der Waals surface area contributed by atoms with Gasteiger partial charge in [0.1, 0.15) is 49.3 Å². The number of esters is 1. The number of rotatable bonds is 6. The highest BCUT2D eigenvalue weighted by Crippen LogP contribution is 2.70. The Kier molecular flexibility index (Phi) is 9.57. The van der Waals surface area contributed by atoms with Crippen LogP contribution in [0.2, 0.25) is 0 Å². The van der Waals surface area contributed by atoms with Crippen molar-refractivity contribution in [1.29, 1.82) is 0 Å². The minimum absolute atomic E-state index is 0.00118. The standard InChI is InChI=1S/C35H54O14/c1-15-25(39)28(42)30(49-31-29(43)27(41)26(40)22(13-36)48-31)32(46-15)47-18-11-17-4-5-21-20(34(17,3)23(37)12-18)6-8-33(2)19(7-9-35(21,33)44)16-10-24(38)45-14-16/h10,15,17-23,25-32,36-37,39-44H,4-9,11-14H2,1-3H3/t15-,17+,18+,19+,20-,21+,22+,23+,25-,26+,27-,28+,29+,30+,31-,32-,33+,34-,35-/m0/s1. The van der Waals surface area contributed by atoms with Crippen LogP contribution in [0, 0.1) is 34.5 Å². The Morgan fingerprint density at radius 1 is 0.837 bits per heavy atom. The van der Waals surface area contributed by atoms with Crippen molar-refractivity contribution >= 4 is 5.97 Å². The number of fused-ring (bicyclic) bond motifs is 5. The lowest BCUT2D eigenvalue weighted by Crippen LogP contribution is -2.66. The summed E-state index contributed by atoms with van der Waals surface area (Å²) >= 11 is 0. The highest BCUT2D eigenvalue weighted by Gasteiger charge is 2.69. The maximum Gasteiger partial charge on any atom is 0.331 e. The minimum atomic E-state index is -1.73. The summed E-state index contributed by atoms with van der Waals surface area (Å²) in [5.74, 6) is -0.0892. The smallest absolute Gasteiger partial charge is 0.331 e. The molecule has 0 amide bonds. The first kappa shape index (κ1) is 36.1. The largest absolute Gasteiger partial charge is 0.458 e. The second kappa shape index (κ2) is 13.0. The zero-order valence-corrected chi connectivity index (χ0v) is 28.4. The molecule has 0 aromatic rings. The molecule has 6 fully saturated rings. The van der Waals surface area contributed by atoms with Gasteiger partial charge < -0.3 is 64.5 Å². The van der Waals surface area contributed by atoms with Crippen LogP contribution in [0.4, 0.5) is 0 Å². The number of carbonyl (C=O) groups excluding carboxylic acids is 1. The summed E-state index contributed by atoms with van der Waals surface area (Å²) < 4.78 is 29.0. The fraction of sp³-hybridized carbons (Fsp3) is 0.914. The van der Waals surface area contributed by atoms with E-state index in [1.165, 1.54) is 0 Å². The van der Waals surface area contributed by atoms with Crippen LogP contribution < -0.4 is 0 Å². The predicted octanol–water partition coefficient (Wildman–Crippen LogP) is -0.749. The molecule has 14 nitrogen and oxygen atoms in total. The summed E-state index contributed by atoms with van der Waals surface area (Å²) in [6, 6.07) is 0. The van der Waals surface area contributed by atoms with Gasteiger partial charge in [-0.2, -0.15) is 0 Å². The van der Waals surface area contributed by atoms with Crippen LogP contribution in [0.15, 0.2) is 11.6 Å². The van der Waals surface area contributed by atoms with E-state index in [4.69, 9.17) is 23.7 Å². The van der Waals surface area contributed by atoms with Gasteiger partial charge >= 0.3 is 5.97 Å². The summed E-state index contributed by atoms with van der Waals surface area (Å²) in [5, 5.41) is 86.8. The first-order valence-electron chi connectivity index (χ1n) is 18.0. The lowest BCUT2D eigenvalue weighted by atomic mass is 9.42. The molecule has 0 bridgehead atoms. The normalized spacial score (nSPS) is 56.0. The molecule has 19 atom stereocenters. The molecule has 7 aliphatic rings. The molecule has 0 unspecified atom stereocenters. The monoisotopic (exact) mass is 698 g/mol. The van der Waals surface area contributed by atoms with Crippen molar-refractivity contribution in [2.75, 3.05) is 13.2 Å². The zero-order chi connectivity index (χ0) is 35.2.